The number of rotatable bonds is 2. The Morgan fingerprint density at radius 1 is 1.21 bits per heavy atom. The highest BCUT2D eigenvalue weighted by atomic mass is 79.9. The molecule has 0 saturated carbocycles. The average Bonchev–Trinajstić information content (AvgIpc) is 2.36. The molecule has 0 fully saturated rings. The van der Waals surface area contributed by atoms with E-state index >= 15 is 0 Å². The van der Waals surface area contributed by atoms with Crippen molar-refractivity contribution >= 4 is 39.1 Å². The van der Waals surface area contributed by atoms with Gasteiger partial charge in [-0.15, -0.1) is 0 Å². The van der Waals surface area contributed by atoms with E-state index in [4.69, 9.17) is 11.6 Å². The minimum Gasteiger partial charge on any atom is -0.321 e. The quantitative estimate of drug-likeness (QED) is 0.844. The lowest BCUT2D eigenvalue weighted by atomic mass is 10.2. The number of nitrogens with one attached hydrogen (secondary N) is 1. The van der Waals surface area contributed by atoms with Crippen molar-refractivity contribution in [1.82, 2.24) is 0 Å². The molecule has 0 unspecified atom stereocenters. The Bertz CT molecular complexity index is 649. The predicted octanol–water partition coefficient (Wildman–Crippen LogP) is 4.63. The van der Waals surface area contributed by atoms with Crippen LogP contribution in [0.1, 0.15) is 10.4 Å². The largest absolute Gasteiger partial charge is 0.321 e. The highest BCUT2D eigenvalue weighted by Gasteiger charge is 2.15. The molecular formula is C13H7BrClF2NO. The van der Waals surface area contributed by atoms with Crippen LogP contribution in [-0.4, -0.2) is 5.91 Å². The Morgan fingerprint density at radius 3 is 2.63 bits per heavy atom. The van der Waals surface area contributed by atoms with Crippen molar-refractivity contribution in [2.45, 2.75) is 0 Å². The van der Waals surface area contributed by atoms with E-state index < -0.39 is 17.5 Å². The first-order valence-corrected chi connectivity index (χ1v) is 6.36. The number of carbonyl (C=O) groups excluding carboxylic acids is 1. The summed E-state index contributed by atoms with van der Waals surface area (Å²) in [7, 11) is 0. The maximum absolute atomic E-state index is 13.7. The van der Waals surface area contributed by atoms with Crippen LogP contribution in [0.4, 0.5) is 14.5 Å². The molecule has 0 atom stereocenters. The summed E-state index contributed by atoms with van der Waals surface area (Å²) in [4.78, 5) is 11.9. The molecule has 2 rings (SSSR count). The van der Waals surface area contributed by atoms with E-state index in [0.29, 0.717) is 0 Å². The molecule has 1 N–H and O–H groups in total. The van der Waals surface area contributed by atoms with Crippen molar-refractivity contribution in [3.8, 4) is 0 Å². The van der Waals surface area contributed by atoms with Gasteiger partial charge in [-0.1, -0.05) is 17.7 Å². The number of amides is 1. The van der Waals surface area contributed by atoms with Gasteiger partial charge in [0.15, 0.2) is 0 Å². The van der Waals surface area contributed by atoms with Gasteiger partial charge in [-0.25, -0.2) is 8.78 Å². The highest BCUT2D eigenvalue weighted by molar-refractivity contribution is 9.10. The number of halogens is 4. The fourth-order valence-corrected chi connectivity index (χ4v) is 2.04. The van der Waals surface area contributed by atoms with Crippen LogP contribution in [-0.2, 0) is 0 Å². The van der Waals surface area contributed by atoms with E-state index in [9.17, 15) is 13.6 Å². The van der Waals surface area contributed by atoms with Gasteiger partial charge in [0.1, 0.15) is 11.6 Å². The molecule has 2 aromatic carbocycles. The molecule has 0 aromatic heterocycles. The molecule has 2 aromatic rings. The van der Waals surface area contributed by atoms with Gasteiger partial charge < -0.3 is 5.32 Å². The first-order chi connectivity index (χ1) is 8.99. The molecule has 0 bridgehead atoms. The first-order valence-electron chi connectivity index (χ1n) is 5.19. The lowest BCUT2D eigenvalue weighted by Crippen LogP contribution is -2.14. The van der Waals surface area contributed by atoms with Crippen LogP contribution in [0.5, 0.6) is 0 Å². The van der Waals surface area contributed by atoms with Gasteiger partial charge in [0, 0.05) is 0 Å². The molecule has 0 spiro atoms. The smallest absolute Gasteiger partial charge is 0.258 e. The second-order valence-electron chi connectivity index (χ2n) is 3.68. The molecule has 19 heavy (non-hydrogen) atoms. The number of hydrogen-bond acceptors (Lipinski definition) is 1. The van der Waals surface area contributed by atoms with E-state index in [0.717, 1.165) is 12.1 Å². The average molecular weight is 347 g/mol. The summed E-state index contributed by atoms with van der Waals surface area (Å²) in [5, 5.41) is 2.47. The molecule has 98 valence electrons. The van der Waals surface area contributed by atoms with Gasteiger partial charge in [0.2, 0.25) is 0 Å². The predicted molar refractivity (Wildman–Crippen MR) is 73.5 cm³/mol. The van der Waals surface area contributed by atoms with Gasteiger partial charge in [-0.2, -0.15) is 0 Å². The maximum atomic E-state index is 13.7. The lowest BCUT2D eigenvalue weighted by molar-refractivity contribution is 0.102. The maximum Gasteiger partial charge on any atom is 0.258 e. The third kappa shape index (κ3) is 3.11. The van der Waals surface area contributed by atoms with Gasteiger partial charge in [0.05, 0.1) is 20.7 Å². The fraction of sp³-hybridized carbons (Fsp3) is 0. The van der Waals surface area contributed by atoms with E-state index in [1.807, 2.05) is 0 Å². The molecule has 0 aliphatic carbocycles. The minimum absolute atomic E-state index is 0.0451. The first kappa shape index (κ1) is 14.0. The second-order valence-corrected chi connectivity index (χ2v) is 4.94. The minimum atomic E-state index is -0.668. The fourth-order valence-electron chi connectivity index (χ4n) is 1.46. The van der Waals surface area contributed by atoms with Gasteiger partial charge in [-0.05, 0) is 46.3 Å². The number of hydrogen-bond donors (Lipinski definition) is 1. The van der Waals surface area contributed by atoms with E-state index in [1.54, 1.807) is 0 Å². The van der Waals surface area contributed by atoms with Crippen LogP contribution >= 0.6 is 27.5 Å². The summed E-state index contributed by atoms with van der Waals surface area (Å²) in [5.74, 6) is -1.85. The number of carbonyl (C=O) groups is 1. The van der Waals surface area contributed by atoms with Crippen LogP contribution < -0.4 is 5.32 Å². The topological polar surface area (TPSA) is 29.1 Å². The van der Waals surface area contributed by atoms with E-state index in [1.165, 1.54) is 24.3 Å². The van der Waals surface area contributed by atoms with Crippen molar-refractivity contribution < 1.29 is 13.6 Å². The zero-order valence-electron chi connectivity index (χ0n) is 9.38. The summed E-state index contributed by atoms with van der Waals surface area (Å²) in [6, 6.07) is 7.89. The third-order valence-corrected chi connectivity index (χ3v) is 3.30. The normalized spacial score (nSPS) is 10.3. The third-order valence-electron chi connectivity index (χ3n) is 2.38. The standard InChI is InChI=1S/C13H7BrClF2NO/c14-9-3-1-2-8(12(9)17)13(19)18-11-5-4-7(16)6-10(11)15/h1-6H,(H,18,19). The monoisotopic (exact) mass is 345 g/mol. The number of benzene rings is 2. The van der Waals surface area contributed by atoms with Gasteiger partial charge in [-0.3, -0.25) is 4.79 Å². The zero-order valence-corrected chi connectivity index (χ0v) is 11.7. The molecule has 6 heteroatoms. The van der Waals surface area contributed by atoms with Crippen molar-refractivity contribution in [2.75, 3.05) is 5.32 Å². The SMILES string of the molecule is O=C(Nc1ccc(F)cc1Cl)c1cccc(Br)c1F. The summed E-state index contributed by atoms with van der Waals surface area (Å²) >= 11 is 8.77. The molecule has 1 amide bonds. The summed E-state index contributed by atoms with van der Waals surface area (Å²) in [5.41, 5.74) is 0.0854. The van der Waals surface area contributed by atoms with Crippen molar-refractivity contribution in [2.24, 2.45) is 0 Å². The molecule has 0 aliphatic heterocycles. The lowest BCUT2D eigenvalue weighted by Gasteiger charge is -2.08. The van der Waals surface area contributed by atoms with E-state index in [-0.39, 0.29) is 20.7 Å². The molecule has 0 radical (unpaired) electrons. The molecule has 0 aliphatic rings. The van der Waals surface area contributed by atoms with Crippen LogP contribution in [0.15, 0.2) is 40.9 Å². The zero-order chi connectivity index (χ0) is 14.0. The summed E-state index contributed by atoms with van der Waals surface area (Å²) in [6.45, 7) is 0. The molecule has 2 nitrogen and oxygen atoms in total. The molecule has 0 saturated heterocycles. The highest BCUT2D eigenvalue weighted by Crippen LogP contribution is 2.24. The van der Waals surface area contributed by atoms with E-state index in [2.05, 4.69) is 21.2 Å². The van der Waals surface area contributed by atoms with Crippen molar-refractivity contribution in [3.63, 3.8) is 0 Å². The Labute approximate surface area is 121 Å². The molecule has 0 heterocycles. The van der Waals surface area contributed by atoms with Crippen LogP contribution in [0, 0.1) is 11.6 Å². The Hall–Kier alpha value is -1.46. The summed E-state index contributed by atoms with van der Waals surface area (Å²) < 4.78 is 26.8. The summed E-state index contributed by atoms with van der Waals surface area (Å²) in [6.07, 6.45) is 0. The Kier molecular flexibility index (Phi) is 4.17. The van der Waals surface area contributed by atoms with Crippen LogP contribution in [0.25, 0.3) is 0 Å². The Balaban J connectivity index is 2.28. The van der Waals surface area contributed by atoms with Gasteiger partial charge in [0.25, 0.3) is 5.91 Å². The molecular weight excluding hydrogens is 340 g/mol. The van der Waals surface area contributed by atoms with Crippen LogP contribution in [0.2, 0.25) is 5.02 Å². The number of anilines is 1. The van der Waals surface area contributed by atoms with Crippen molar-refractivity contribution in [1.29, 1.82) is 0 Å². The van der Waals surface area contributed by atoms with Gasteiger partial charge >= 0.3 is 0 Å². The second kappa shape index (κ2) is 5.67. The Morgan fingerprint density at radius 2 is 1.95 bits per heavy atom. The van der Waals surface area contributed by atoms with Crippen molar-refractivity contribution in [3.05, 3.63) is 63.1 Å². The van der Waals surface area contributed by atoms with Crippen LogP contribution in [0.3, 0.4) is 0 Å².